The van der Waals surface area contributed by atoms with E-state index >= 15 is 0 Å². The minimum absolute atomic E-state index is 0. The standard InChI is InChI=1S/2C18H12N2S.Zn/c2*19-12-16-15(13-7-3-1-4-8-13)11-17(20-18(16)21)14-9-5-2-6-10-14;/h2*1-11H,(H,20,21);/q;;+2/p-2. The molecule has 43 heavy (non-hydrogen) atoms. The van der Waals surface area contributed by atoms with Crippen LogP contribution in [-0.2, 0) is 44.7 Å². The molecule has 6 aromatic rings. The largest absolute Gasteiger partial charge is 2.00 e. The molecule has 0 aliphatic carbocycles. The first-order valence-corrected chi connectivity index (χ1v) is 13.9. The van der Waals surface area contributed by atoms with Crippen molar-refractivity contribution in [3.63, 3.8) is 0 Å². The second kappa shape index (κ2) is 14.9. The summed E-state index contributed by atoms with van der Waals surface area (Å²) in [6, 6.07) is 47.5. The number of rotatable bonds is 4. The molecule has 2 heterocycles. The summed E-state index contributed by atoms with van der Waals surface area (Å²) < 4.78 is 0. The number of hydrogen-bond donors (Lipinski definition) is 0. The fourth-order valence-corrected chi connectivity index (χ4v) is 4.97. The Kier molecular flexibility index (Phi) is 10.8. The van der Waals surface area contributed by atoms with E-state index in [-0.39, 0.29) is 19.5 Å². The molecule has 2 aromatic heterocycles. The maximum Gasteiger partial charge on any atom is 2.00 e. The number of hydrogen-bond acceptors (Lipinski definition) is 6. The van der Waals surface area contributed by atoms with Gasteiger partial charge in [0.15, 0.2) is 0 Å². The molecule has 0 spiro atoms. The number of aromatic nitrogens is 2. The summed E-state index contributed by atoms with van der Waals surface area (Å²) in [6.07, 6.45) is 0. The molecule has 7 heteroatoms. The Morgan fingerprint density at radius 3 is 1.00 bits per heavy atom. The molecule has 6 rings (SSSR count). The number of nitriles is 2. The van der Waals surface area contributed by atoms with Gasteiger partial charge in [-0.1, -0.05) is 131 Å². The van der Waals surface area contributed by atoms with Crippen LogP contribution >= 0.6 is 0 Å². The van der Waals surface area contributed by atoms with Gasteiger partial charge in [0, 0.05) is 22.3 Å². The van der Waals surface area contributed by atoms with Crippen LogP contribution in [0.4, 0.5) is 0 Å². The van der Waals surface area contributed by atoms with Gasteiger partial charge in [0.1, 0.15) is 0 Å². The quantitative estimate of drug-likeness (QED) is 0.143. The Bertz CT molecular complexity index is 1760. The van der Waals surface area contributed by atoms with Crippen molar-refractivity contribution in [2.45, 2.75) is 10.1 Å². The molecule has 0 fully saturated rings. The monoisotopic (exact) mass is 638 g/mol. The third-order valence-corrected chi connectivity index (χ3v) is 7.10. The molecule has 0 amide bonds. The molecular weight excluding hydrogens is 618 g/mol. The first kappa shape index (κ1) is 31.2. The molecule has 0 N–H and O–H groups in total. The molecule has 4 aromatic carbocycles. The number of pyridine rings is 2. The van der Waals surface area contributed by atoms with Gasteiger partial charge in [0.2, 0.25) is 0 Å². The molecule has 0 bridgehead atoms. The fraction of sp³-hybridized carbons (Fsp3) is 0. The summed E-state index contributed by atoms with van der Waals surface area (Å²) >= 11 is 10.6. The van der Waals surface area contributed by atoms with Gasteiger partial charge in [-0.3, -0.25) is 9.97 Å². The van der Waals surface area contributed by atoms with Gasteiger partial charge in [0.05, 0.1) is 34.7 Å². The van der Waals surface area contributed by atoms with Crippen LogP contribution in [0.2, 0.25) is 0 Å². The third kappa shape index (κ3) is 7.36. The second-order valence-electron chi connectivity index (χ2n) is 9.16. The van der Waals surface area contributed by atoms with Crippen molar-refractivity contribution >= 4 is 25.3 Å². The van der Waals surface area contributed by atoms with E-state index < -0.39 is 0 Å². The van der Waals surface area contributed by atoms with E-state index in [1.54, 1.807) is 0 Å². The Morgan fingerprint density at radius 2 is 0.721 bits per heavy atom. The average molecular weight is 640 g/mol. The minimum atomic E-state index is 0. The summed E-state index contributed by atoms with van der Waals surface area (Å²) in [5.41, 5.74) is 8.08. The van der Waals surface area contributed by atoms with E-state index in [2.05, 4.69) is 22.1 Å². The predicted octanol–water partition coefficient (Wildman–Crippen LogP) is 8.38. The van der Waals surface area contributed by atoms with Crippen molar-refractivity contribution in [2.24, 2.45) is 0 Å². The fourth-order valence-electron chi connectivity index (χ4n) is 4.46. The molecule has 0 aliphatic heterocycles. The number of benzene rings is 4. The van der Waals surface area contributed by atoms with Gasteiger partial charge in [0.25, 0.3) is 0 Å². The van der Waals surface area contributed by atoms with Crippen LogP contribution in [0.1, 0.15) is 11.1 Å². The molecule has 0 saturated carbocycles. The summed E-state index contributed by atoms with van der Waals surface area (Å²) in [5.74, 6) is 0. The van der Waals surface area contributed by atoms with Gasteiger partial charge < -0.3 is 25.3 Å². The van der Waals surface area contributed by atoms with E-state index in [0.29, 0.717) is 21.2 Å². The number of nitrogens with zero attached hydrogens (tertiary/aromatic N) is 4. The first-order chi connectivity index (χ1) is 20.6. The molecule has 0 saturated heterocycles. The van der Waals surface area contributed by atoms with Crippen molar-refractivity contribution in [1.29, 1.82) is 10.5 Å². The minimum Gasteiger partial charge on any atom is -0.759 e. The van der Waals surface area contributed by atoms with Crippen molar-refractivity contribution < 1.29 is 19.5 Å². The van der Waals surface area contributed by atoms with Crippen molar-refractivity contribution in [3.05, 3.63) is 145 Å². The molecule has 0 radical (unpaired) electrons. The summed E-state index contributed by atoms with van der Waals surface area (Å²) in [6.45, 7) is 0. The van der Waals surface area contributed by atoms with Crippen molar-refractivity contribution in [3.8, 4) is 56.9 Å². The second-order valence-corrected chi connectivity index (χ2v) is 9.93. The zero-order valence-corrected chi connectivity index (χ0v) is 27.6. The van der Waals surface area contributed by atoms with Crippen LogP contribution in [0.25, 0.3) is 44.8 Å². The topological polar surface area (TPSA) is 73.4 Å². The van der Waals surface area contributed by atoms with Crippen LogP contribution in [0, 0.1) is 22.7 Å². The zero-order valence-electron chi connectivity index (χ0n) is 23.0. The molecule has 4 nitrogen and oxygen atoms in total. The average Bonchev–Trinajstić information content (AvgIpc) is 3.06. The van der Waals surface area contributed by atoms with E-state index in [9.17, 15) is 10.5 Å². The Labute approximate surface area is 275 Å². The van der Waals surface area contributed by atoms with Crippen LogP contribution < -0.4 is 0 Å². The molecule has 0 aliphatic rings. The first-order valence-electron chi connectivity index (χ1n) is 13.0. The van der Waals surface area contributed by atoms with E-state index in [4.69, 9.17) is 25.3 Å². The van der Waals surface area contributed by atoms with Gasteiger partial charge in [-0.15, -0.1) is 0 Å². The maximum atomic E-state index is 9.37. The van der Waals surface area contributed by atoms with E-state index in [1.807, 2.05) is 133 Å². The molecular formula is C36H22N4S2Zn. The Hall–Kier alpha value is -4.78. The van der Waals surface area contributed by atoms with E-state index in [1.165, 1.54) is 0 Å². The van der Waals surface area contributed by atoms with Crippen molar-refractivity contribution in [1.82, 2.24) is 9.97 Å². The summed E-state index contributed by atoms with van der Waals surface area (Å²) in [5, 5.41) is 19.4. The zero-order chi connectivity index (χ0) is 29.3. The van der Waals surface area contributed by atoms with Crippen LogP contribution in [0.3, 0.4) is 0 Å². The van der Waals surface area contributed by atoms with Gasteiger partial charge in [-0.2, -0.15) is 10.5 Å². The van der Waals surface area contributed by atoms with Crippen LogP contribution in [-0.4, -0.2) is 9.97 Å². The maximum absolute atomic E-state index is 9.37. The predicted molar refractivity (Wildman–Crippen MR) is 171 cm³/mol. The van der Waals surface area contributed by atoms with Crippen LogP contribution in [0.5, 0.6) is 0 Å². The molecule has 200 valence electrons. The van der Waals surface area contributed by atoms with E-state index in [0.717, 1.165) is 44.8 Å². The van der Waals surface area contributed by atoms with Gasteiger partial charge >= 0.3 is 19.5 Å². The van der Waals surface area contributed by atoms with Crippen molar-refractivity contribution in [2.75, 3.05) is 0 Å². The van der Waals surface area contributed by atoms with Gasteiger partial charge in [-0.25, -0.2) is 0 Å². The smallest absolute Gasteiger partial charge is 0.759 e. The normalized spacial score (nSPS) is 9.81. The van der Waals surface area contributed by atoms with Crippen LogP contribution in [0.15, 0.2) is 144 Å². The molecule has 0 atom stereocenters. The van der Waals surface area contributed by atoms with Gasteiger partial charge in [-0.05, 0) is 23.3 Å². The molecule has 0 unspecified atom stereocenters. The SMILES string of the molecule is N#Cc1c(-c2ccccc2)cc(-c2ccccc2)nc1[S-].N#Cc1c(-c2ccccc2)cc(-c2ccccc2)nc1[S-].[Zn+2]. The Balaban J connectivity index is 0.000000192. The summed E-state index contributed by atoms with van der Waals surface area (Å²) in [7, 11) is 0. The Morgan fingerprint density at radius 1 is 0.442 bits per heavy atom. The third-order valence-electron chi connectivity index (χ3n) is 6.50. The summed E-state index contributed by atoms with van der Waals surface area (Å²) in [4.78, 5) is 8.79.